The second-order valence-corrected chi connectivity index (χ2v) is 3.89. The van der Waals surface area contributed by atoms with E-state index in [4.69, 9.17) is 0 Å². The Kier molecular flexibility index (Phi) is 1.48. The van der Waals surface area contributed by atoms with E-state index >= 15 is 0 Å². The zero-order valence-corrected chi connectivity index (χ0v) is 7.96. The lowest BCUT2D eigenvalue weighted by atomic mass is 10.1. The van der Waals surface area contributed by atoms with Crippen LogP contribution in [0.2, 0.25) is 0 Å². The number of allylic oxidation sites excluding steroid dienone is 1. The second kappa shape index (κ2) is 2.68. The molecule has 0 spiro atoms. The quantitative estimate of drug-likeness (QED) is 0.569. The zero-order chi connectivity index (χ0) is 9.54. The fraction of sp³-hybridized carbons (Fsp3) is 0.154. The van der Waals surface area contributed by atoms with E-state index in [1.54, 1.807) is 0 Å². The molecule has 1 aliphatic carbocycles. The monoisotopic (exact) mass is 181 g/mol. The Bertz CT molecular complexity index is 479. The molecule has 0 saturated carbocycles. The molecule has 1 heterocycles. The Hall–Kier alpha value is -1.63. The molecule has 0 bridgehead atoms. The maximum Gasteiger partial charge on any atom is 0.0705 e. The maximum atomic E-state index is 4.65. The van der Waals surface area contributed by atoms with Crippen molar-refractivity contribution in [3.05, 3.63) is 53.7 Å². The van der Waals surface area contributed by atoms with Gasteiger partial charge in [-0.1, -0.05) is 30.4 Å². The van der Waals surface area contributed by atoms with Crippen LogP contribution in [0.5, 0.6) is 0 Å². The van der Waals surface area contributed by atoms with Crippen LogP contribution in [0.15, 0.2) is 42.5 Å². The summed E-state index contributed by atoms with van der Waals surface area (Å²) in [6.45, 7) is 4.02. The average molecular weight is 181 g/mol. The third-order valence-corrected chi connectivity index (χ3v) is 2.75. The highest BCUT2D eigenvalue weighted by atomic mass is 14.7. The first-order chi connectivity index (χ1) is 6.83. The van der Waals surface area contributed by atoms with Gasteiger partial charge >= 0.3 is 0 Å². The van der Waals surface area contributed by atoms with Crippen LogP contribution in [-0.4, -0.2) is 4.98 Å². The predicted molar refractivity (Wildman–Crippen MR) is 58.3 cm³/mol. The van der Waals surface area contributed by atoms with Gasteiger partial charge in [-0.25, -0.2) is 0 Å². The number of nitrogens with zero attached hydrogens (tertiary/aromatic N) is 1. The Labute approximate surface area is 83.1 Å². The van der Waals surface area contributed by atoms with E-state index in [0.717, 1.165) is 18.4 Å². The van der Waals surface area contributed by atoms with Gasteiger partial charge in [0.15, 0.2) is 0 Å². The van der Waals surface area contributed by atoms with Crippen LogP contribution in [0, 0.1) is 0 Å². The van der Waals surface area contributed by atoms with Crippen molar-refractivity contribution >= 4 is 10.9 Å². The number of aromatic nitrogens is 1. The molecule has 0 aliphatic heterocycles. The summed E-state index contributed by atoms with van der Waals surface area (Å²) in [4.78, 5) is 4.65. The summed E-state index contributed by atoms with van der Waals surface area (Å²) < 4.78 is 0. The van der Waals surface area contributed by atoms with Crippen molar-refractivity contribution in [3.63, 3.8) is 0 Å². The van der Waals surface area contributed by atoms with Crippen LogP contribution in [0.3, 0.4) is 0 Å². The minimum atomic E-state index is 0.958. The van der Waals surface area contributed by atoms with E-state index in [0.29, 0.717) is 0 Å². The fourth-order valence-electron chi connectivity index (χ4n) is 2.07. The van der Waals surface area contributed by atoms with Gasteiger partial charge in [-0.15, -0.1) is 0 Å². The highest BCUT2D eigenvalue weighted by molar-refractivity contribution is 5.79. The summed E-state index contributed by atoms with van der Waals surface area (Å²) in [5, 5.41) is 1.24. The van der Waals surface area contributed by atoms with Gasteiger partial charge in [0, 0.05) is 17.5 Å². The standard InChI is InChI=1S/C13H11N/c1-9-6-11-8-10-4-2-3-5-12(10)14-13(11)7-9/h2-5,8H,1,6-7H2. The summed E-state index contributed by atoms with van der Waals surface area (Å²) in [6.07, 6.45) is 1.97. The van der Waals surface area contributed by atoms with Crippen LogP contribution in [0.25, 0.3) is 10.9 Å². The fourth-order valence-corrected chi connectivity index (χ4v) is 2.07. The van der Waals surface area contributed by atoms with Gasteiger partial charge in [0.2, 0.25) is 0 Å². The molecule has 1 heteroatoms. The summed E-state index contributed by atoms with van der Waals surface area (Å²) in [7, 11) is 0. The molecule has 68 valence electrons. The van der Waals surface area contributed by atoms with E-state index in [2.05, 4.69) is 35.8 Å². The minimum Gasteiger partial charge on any atom is -0.252 e. The first-order valence-corrected chi connectivity index (χ1v) is 4.87. The van der Waals surface area contributed by atoms with Crippen LogP contribution >= 0.6 is 0 Å². The van der Waals surface area contributed by atoms with E-state index in [9.17, 15) is 0 Å². The van der Waals surface area contributed by atoms with Crippen molar-refractivity contribution in [1.82, 2.24) is 4.98 Å². The summed E-state index contributed by atoms with van der Waals surface area (Å²) in [5.74, 6) is 0. The van der Waals surface area contributed by atoms with E-state index in [1.165, 1.54) is 22.2 Å². The molecule has 0 radical (unpaired) electrons. The van der Waals surface area contributed by atoms with Crippen molar-refractivity contribution in [2.24, 2.45) is 0 Å². The SMILES string of the molecule is C=C1Cc2cc3ccccc3nc2C1. The molecule has 0 saturated heterocycles. The van der Waals surface area contributed by atoms with Crippen molar-refractivity contribution in [2.75, 3.05) is 0 Å². The van der Waals surface area contributed by atoms with E-state index in [-0.39, 0.29) is 0 Å². The molecule has 1 nitrogen and oxygen atoms in total. The van der Waals surface area contributed by atoms with Gasteiger partial charge in [0.1, 0.15) is 0 Å². The summed E-state index contributed by atoms with van der Waals surface area (Å²) in [6, 6.07) is 10.5. The maximum absolute atomic E-state index is 4.65. The van der Waals surface area contributed by atoms with Crippen molar-refractivity contribution in [1.29, 1.82) is 0 Å². The summed E-state index contributed by atoms with van der Waals surface area (Å²) >= 11 is 0. The number of fused-ring (bicyclic) bond motifs is 2. The highest BCUT2D eigenvalue weighted by Gasteiger charge is 2.15. The molecular weight excluding hydrogens is 170 g/mol. The molecule has 1 aromatic heterocycles. The number of rotatable bonds is 0. The lowest BCUT2D eigenvalue weighted by Gasteiger charge is -2.00. The van der Waals surface area contributed by atoms with Crippen LogP contribution in [-0.2, 0) is 12.8 Å². The van der Waals surface area contributed by atoms with Gasteiger partial charge in [-0.2, -0.15) is 0 Å². The smallest absolute Gasteiger partial charge is 0.0705 e. The number of benzene rings is 1. The lowest BCUT2D eigenvalue weighted by molar-refractivity contribution is 1.14. The van der Waals surface area contributed by atoms with Gasteiger partial charge < -0.3 is 0 Å². The van der Waals surface area contributed by atoms with Crippen LogP contribution in [0.4, 0.5) is 0 Å². The number of pyridine rings is 1. The van der Waals surface area contributed by atoms with Gasteiger partial charge in [0.05, 0.1) is 5.52 Å². The van der Waals surface area contributed by atoms with Gasteiger partial charge in [-0.3, -0.25) is 4.98 Å². The second-order valence-electron chi connectivity index (χ2n) is 3.89. The largest absolute Gasteiger partial charge is 0.252 e. The minimum absolute atomic E-state index is 0.958. The molecule has 0 amide bonds. The highest BCUT2D eigenvalue weighted by Crippen LogP contribution is 2.26. The molecule has 1 aliphatic rings. The number of para-hydroxylation sites is 1. The number of hydrogen-bond donors (Lipinski definition) is 0. The average Bonchev–Trinajstić information content (AvgIpc) is 2.53. The summed E-state index contributed by atoms with van der Waals surface area (Å²) in [5.41, 5.74) is 4.95. The first kappa shape index (κ1) is 7.74. The first-order valence-electron chi connectivity index (χ1n) is 4.87. The van der Waals surface area contributed by atoms with Gasteiger partial charge in [-0.05, 0) is 24.1 Å². The van der Waals surface area contributed by atoms with Crippen molar-refractivity contribution in [2.45, 2.75) is 12.8 Å². The molecule has 0 N–H and O–H groups in total. The van der Waals surface area contributed by atoms with Crippen molar-refractivity contribution < 1.29 is 0 Å². The third-order valence-electron chi connectivity index (χ3n) is 2.75. The molecule has 2 aromatic rings. The Balaban J connectivity index is 2.31. The molecular formula is C13H11N. The normalized spacial score (nSPS) is 14.7. The van der Waals surface area contributed by atoms with E-state index in [1.807, 2.05) is 6.07 Å². The number of hydrogen-bond acceptors (Lipinski definition) is 1. The predicted octanol–water partition coefficient (Wildman–Crippen LogP) is 2.89. The Morgan fingerprint density at radius 2 is 2.00 bits per heavy atom. The molecule has 0 fully saturated rings. The van der Waals surface area contributed by atoms with Crippen LogP contribution < -0.4 is 0 Å². The zero-order valence-electron chi connectivity index (χ0n) is 7.96. The molecule has 0 unspecified atom stereocenters. The molecule has 1 aromatic carbocycles. The Morgan fingerprint density at radius 3 is 2.93 bits per heavy atom. The topological polar surface area (TPSA) is 12.9 Å². The van der Waals surface area contributed by atoms with Crippen LogP contribution in [0.1, 0.15) is 11.3 Å². The Morgan fingerprint density at radius 1 is 1.14 bits per heavy atom. The molecule has 3 rings (SSSR count). The van der Waals surface area contributed by atoms with E-state index < -0.39 is 0 Å². The third kappa shape index (κ3) is 1.06. The van der Waals surface area contributed by atoms with Crippen molar-refractivity contribution in [3.8, 4) is 0 Å². The lowest BCUT2D eigenvalue weighted by Crippen LogP contribution is -1.88. The molecule has 14 heavy (non-hydrogen) atoms. The van der Waals surface area contributed by atoms with Gasteiger partial charge in [0.25, 0.3) is 0 Å². The molecule has 0 atom stereocenters.